The van der Waals surface area contributed by atoms with Crippen molar-refractivity contribution >= 4 is 34.4 Å². The topological polar surface area (TPSA) is 0 Å². The summed E-state index contributed by atoms with van der Waals surface area (Å²) in [6.07, 6.45) is 0. The van der Waals surface area contributed by atoms with Crippen LogP contribution in [0.5, 0.6) is 0 Å². The summed E-state index contributed by atoms with van der Waals surface area (Å²) in [6.45, 7) is 6.14. The van der Waals surface area contributed by atoms with Gasteiger partial charge < -0.3 is 0 Å². The van der Waals surface area contributed by atoms with Gasteiger partial charge in [0.1, 0.15) is 0 Å². The molecule has 0 aliphatic carbocycles. The molecular weight excluding hydrogens is 228 g/mol. The Labute approximate surface area is 98.0 Å². The Balaban J connectivity index is 0.000000461. The van der Waals surface area contributed by atoms with Gasteiger partial charge in [-0.1, -0.05) is 31.7 Å². The van der Waals surface area contributed by atoms with E-state index in [0.717, 1.165) is 0 Å². The molecule has 0 unspecified atom stereocenters. The smallest absolute Gasteiger partial charge is 0.0657 e. The Morgan fingerprint density at radius 3 is 2.36 bits per heavy atom. The quantitative estimate of drug-likeness (QED) is 0.689. The van der Waals surface area contributed by atoms with Crippen molar-refractivity contribution in [3.63, 3.8) is 0 Å². The Morgan fingerprint density at radius 1 is 1.07 bits per heavy atom. The molecule has 0 aliphatic rings. The molecule has 0 aliphatic heterocycles. The number of rotatable bonds is 2. The number of aryl methyl sites for hydroxylation is 1. The molecule has 0 bridgehead atoms. The summed E-state index contributed by atoms with van der Waals surface area (Å²) >= 11 is 5.50. The Bertz CT molecular complexity index is 346. The van der Waals surface area contributed by atoms with Gasteiger partial charge in [-0.15, -0.1) is 22.7 Å². The second kappa shape index (κ2) is 6.27. The van der Waals surface area contributed by atoms with E-state index >= 15 is 0 Å². The molecule has 0 atom stereocenters. The van der Waals surface area contributed by atoms with Gasteiger partial charge in [-0.3, -0.25) is 0 Å². The molecule has 3 heteroatoms. The van der Waals surface area contributed by atoms with Gasteiger partial charge in [-0.05, 0) is 30.5 Å². The summed E-state index contributed by atoms with van der Waals surface area (Å²) in [7, 11) is 0. The maximum Gasteiger partial charge on any atom is 0.0657 e. The van der Waals surface area contributed by atoms with Crippen LogP contribution in [0, 0.1) is 6.92 Å². The van der Waals surface area contributed by atoms with E-state index in [-0.39, 0.29) is 0 Å². The number of hydrogen-bond donors (Lipinski definition) is 0. The minimum absolute atomic E-state index is 1.37. The van der Waals surface area contributed by atoms with Crippen molar-refractivity contribution in [3.8, 4) is 0 Å². The van der Waals surface area contributed by atoms with Crippen molar-refractivity contribution in [3.05, 3.63) is 34.5 Å². The van der Waals surface area contributed by atoms with Crippen molar-refractivity contribution in [2.45, 2.75) is 29.2 Å². The second-order valence-electron chi connectivity index (χ2n) is 2.40. The van der Waals surface area contributed by atoms with Crippen molar-refractivity contribution in [2.75, 3.05) is 0 Å². The average molecular weight is 242 g/mol. The first kappa shape index (κ1) is 11.8. The zero-order valence-corrected chi connectivity index (χ0v) is 11.1. The molecule has 2 heterocycles. The van der Waals surface area contributed by atoms with E-state index in [9.17, 15) is 0 Å². The molecule has 2 aromatic heterocycles. The molecule has 2 aromatic rings. The molecule has 0 amide bonds. The monoisotopic (exact) mass is 242 g/mol. The van der Waals surface area contributed by atoms with Crippen LogP contribution < -0.4 is 0 Å². The highest BCUT2D eigenvalue weighted by Gasteiger charge is 1.99. The summed E-state index contributed by atoms with van der Waals surface area (Å²) in [5.41, 5.74) is 0. The third-order valence-electron chi connectivity index (χ3n) is 1.41. The molecule has 14 heavy (non-hydrogen) atoms. The van der Waals surface area contributed by atoms with Crippen molar-refractivity contribution < 1.29 is 0 Å². The Hall–Kier alpha value is -0.250. The summed E-state index contributed by atoms with van der Waals surface area (Å²) in [4.78, 5) is 1.38. The molecule has 0 saturated carbocycles. The number of thiophene rings is 2. The first-order valence-electron chi connectivity index (χ1n) is 4.62. The zero-order chi connectivity index (χ0) is 10.4. The predicted octanol–water partition coefficient (Wildman–Crippen LogP) is 5.30. The molecular formula is C11H14S3. The van der Waals surface area contributed by atoms with Gasteiger partial charge in [0.25, 0.3) is 0 Å². The van der Waals surface area contributed by atoms with Crippen molar-refractivity contribution in [1.29, 1.82) is 0 Å². The molecule has 0 spiro atoms. The van der Waals surface area contributed by atoms with Crippen LogP contribution in [0.25, 0.3) is 0 Å². The largest absolute Gasteiger partial charge is 0.137 e. The van der Waals surface area contributed by atoms with Crippen LogP contribution >= 0.6 is 34.4 Å². The van der Waals surface area contributed by atoms with Gasteiger partial charge in [-0.25, -0.2) is 0 Å². The standard InChI is InChI=1S/C9H8S3.C2H6/c1-7-4-5-9(11-7)12-8-3-2-6-10-8;1-2/h2-6H,1H3;1-2H3. The summed E-state index contributed by atoms with van der Waals surface area (Å²) in [5.74, 6) is 0. The van der Waals surface area contributed by atoms with E-state index in [1.807, 2.05) is 36.9 Å². The van der Waals surface area contributed by atoms with E-state index in [1.165, 1.54) is 13.3 Å². The average Bonchev–Trinajstić information content (AvgIpc) is 2.82. The molecule has 0 radical (unpaired) electrons. The third kappa shape index (κ3) is 3.48. The van der Waals surface area contributed by atoms with Crippen LogP contribution in [0.3, 0.4) is 0 Å². The second-order valence-corrected chi connectivity index (χ2v) is 6.24. The summed E-state index contributed by atoms with van der Waals surface area (Å²) in [6, 6.07) is 8.60. The maximum absolute atomic E-state index is 2.18. The van der Waals surface area contributed by atoms with Crippen LogP contribution in [0.4, 0.5) is 0 Å². The highest BCUT2D eigenvalue weighted by atomic mass is 32.2. The van der Waals surface area contributed by atoms with Crippen LogP contribution in [-0.4, -0.2) is 0 Å². The highest BCUT2D eigenvalue weighted by Crippen LogP contribution is 2.35. The molecule has 76 valence electrons. The molecule has 0 aromatic carbocycles. The van der Waals surface area contributed by atoms with Gasteiger partial charge in [0.05, 0.1) is 8.42 Å². The van der Waals surface area contributed by atoms with Gasteiger partial charge in [-0.2, -0.15) is 0 Å². The molecule has 0 N–H and O–H groups in total. The van der Waals surface area contributed by atoms with E-state index in [2.05, 4.69) is 36.6 Å². The lowest BCUT2D eigenvalue weighted by atomic mass is 10.5. The van der Waals surface area contributed by atoms with E-state index < -0.39 is 0 Å². The molecule has 0 saturated heterocycles. The summed E-state index contributed by atoms with van der Waals surface area (Å²) in [5, 5.41) is 2.11. The maximum atomic E-state index is 2.18. The van der Waals surface area contributed by atoms with Crippen LogP contribution in [0.15, 0.2) is 38.1 Å². The fourth-order valence-electron chi connectivity index (χ4n) is 0.888. The SMILES string of the molecule is CC.Cc1ccc(Sc2cccs2)s1. The first-order valence-corrected chi connectivity index (χ1v) is 7.13. The van der Waals surface area contributed by atoms with E-state index in [0.29, 0.717) is 0 Å². The fourth-order valence-corrected chi connectivity index (χ4v) is 4.02. The van der Waals surface area contributed by atoms with Crippen LogP contribution in [0.1, 0.15) is 18.7 Å². The van der Waals surface area contributed by atoms with Crippen LogP contribution in [-0.2, 0) is 0 Å². The van der Waals surface area contributed by atoms with Crippen molar-refractivity contribution in [1.82, 2.24) is 0 Å². The number of hydrogen-bond acceptors (Lipinski definition) is 3. The van der Waals surface area contributed by atoms with Gasteiger partial charge in [0.15, 0.2) is 0 Å². The molecule has 0 fully saturated rings. The minimum atomic E-state index is 1.37. The lowest BCUT2D eigenvalue weighted by molar-refractivity contribution is 1.50. The van der Waals surface area contributed by atoms with Crippen molar-refractivity contribution in [2.24, 2.45) is 0 Å². The van der Waals surface area contributed by atoms with E-state index in [1.54, 1.807) is 11.3 Å². The highest BCUT2D eigenvalue weighted by molar-refractivity contribution is 8.02. The zero-order valence-electron chi connectivity index (χ0n) is 8.61. The lowest BCUT2D eigenvalue weighted by Gasteiger charge is -1.90. The Morgan fingerprint density at radius 2 is 1.86 bits per heavy atom. The van der Waals surface area contributed by atoms with Gasteiger partial charge in [0, 0.05) is 4.88 Å². The Kier molecular flexibility index (Phi) is 5.30. The van der Waals surface area contributed by atoms with E-state index in [4.69, 9.17) is 0 Å². The molecule has 0 nitrogen and oxygen atoms in total. The van der Waals surface area contributed by atoms with Gasteiger partial charge in [0.2, 0.25) is 0 Å². The summed E-state index contributed by atoms with van der Waals surface area (Å²) < 4.78 is 2.76. The van der Waals surface area contributed by atoms with Gasteiger partial charge >= 0.3 is 0 Å². The third-order valence-corrected chi connectivity index (χ3v) is 4.58. The van der Waals surface area contributed by atoms with Crippen LogP contribution in [0.2, 0.25) is 0 Å². The molecule has 2 rings (SSSR count). The lowest BCUT2D eigenvalue weighted by Crippen LogP contribution is -1.55. The fraction of sp³-hybridized carbons (Fsp3) is 0.273. The predicted molar refractivity (Wildman–Crippen MR) is 68.8 cm³/mol. The first-order chi connectivity index (χ1) is 6.84. The minimum Gasteiger partial charge on any atom is -0.137 e. The normalized spacial score (nSPS) is 9.36.